The van der Waals surface area contributed by atoms with Gasteiger partial charge in [-0.1, -0.05) is 0 Å². The summed E-state index contributed by atoms with van der Waals surface area (Å²) in [6.07, 6.45) is 3.87. The van der Waals surface area contributed by atoms with Gasteiger partial charge in [-0.05, 0) is 43.5 Å². The lowest BCUT2D eigenvalue weighted by molar-refractivity contribution is -0.129. The van der Waals surface area contributed by atoms with Gasteiger partial charge in [0.25, 0.3) is 0 Å². The van der Waals surface area contributed by atoms with E-state index < -0.39 is 0 Å². The number of piperidine rings is 1. The summed E-state index contributed by atoms with van der Waals surface area (Å²) in [5.41, 5.74) is 1.16. The maximum absolute atomic E-state index is 12.8. The monoisotopic (exact) mass is 348 g/mol. The second-order valence-electron chi connectivity index (χ2n) is 7.06. The standard InChI is InChI=1S/C19H28N2O4/c1-23-15-9-14(10-16(24-2)18(15)25-3)11-17(22)21-8-6-19(13-21)5-4-7-20-12-19/h9-10,20H,4-8,11-13H2,1-3H3. The highest BCUT2D eigenvalue weighted by Gasteiger charge is 2.40. The average Bonchev–Trinajstić information content (AvgIpc) is 3.04. The number of methoxy groups -OCH3 is 3. The van der Waals surface area contributed by atoms with Crippen molar-refractivity contribution >= 4 is 5.91 Å². The normalized spacial score (nSPS) is 22.9. The number of nitrogens with one attached hydrogen (secondary N) is 1. The summed E-state index contributed by atoms with van der Waals surface area (Å²) in [6.45, 7) is 3.84. The largest absolute Gasteiger partial charge is 0.493 e. The first-order chi connectivity index (χ1) is 12.1. The van der Waals surface area contributed by atoms with Crippen molar-refractivity contribution in [3.05, 3.63) is 17.7 Å². The van der Waals surface area contributed by atoms with E-state index in [-0.39, 0.29) is 11.3 Å². The van der Waals surface area contributed by atoms with Gasteiger partial charge in [-0.15, -0.1) is 0 Å². The van der Waals surface area contributed by atoms with E-state index in [0.717, 1.165) is 38.2 Å². The molecule has 0 aliphatic carbocycles. The van der Waals surface area contributed by atoms with Crippen LogP contribution in [0.15, 0.2) is 12.1 Å². The van der Waals surface area contributed by atoms with Gasteiger partial charge in [-0.3, -0.25) is 4.79 Å². The zero-order chi connectivity index (χ0) is 17.9. The van der Waals surface area contributed by atoms with Crippen molar-refractivity contribution in [1.82, 2.24) is 10.2 Å². The van der Waals surface area contributed by atoms with E-state index in [2.05, 4.69) is 5.32 Å². The van der Waals surface area contributed by atoms with Gasteiger partial charge in [0.1, 0.15) is 0 Å². The maximum atomic E-state index is 12.8. The van der Waals surface area contributed by atoms with Crippen molar-refractivity contribution in [2.75, 3.05) is 47.5 Å². The third-order valence-corrected chi connectivity index (χ3v) is 5.43. The van der Waals surface area contributed by atoms with Crippen LogP contribution in [-0.4, -0.2) is 58.3 Å². The molecule has 0 bridgehead atoms. The van der Waals surface area contributed by atoms with E-state index in [0.29, 0.717) is 23.7 Å². The summed E-state index contributed by atoms with van der Waals surface area (Å²) in [5.74, 6) is 1.88. The average molecular weight is 348 g/mol. The molecule has 1 aromatic carbocycles. The van der Waals surface area contributed by atoms with Gasteiger partial charge < -0.3 is 24.4 Å². The molecular weight excluding hydrogens is 320 g/mol. The third kappa shape index (κ3) is 3.68. The Morgan fingerprint density at radius 2 is 1.88 bits per heavy atom. The first-order valence-corrected chi connectivity index (χ1v) is 8.88. The lowest BCUT2D eigenvalue weighted by Crippen LogP contribution is -2.42. The molecule has 3 rings (SSSR count). The topological polar surface area (TPSA) is 60.0 Å². The van der Waals surface area contributed by atoms with E-state index in [1.807, 2.05) is 17.0 Å². The smallest absolute Gasteiger partial charge is 0.227 e. The predicted octanol–water partition coefficient (Wildman–Crippen LogP) is 1.86. The molecule has 1 atom stereocenters. The molecule has 0 aromatic heterocycles. The quantitative estimate of drug-likeness (QED) is 0.880. The molecule has 2 saturated heterocycles. The third-order valence-electron chi connectivity index (χ3n) is 5.43. The Balaban J connectivity index is 1.71. The minimum Gasteiger partial charge on any atom is -0.493 e. The van der Waals surface area contributed by atoms with Gasteiger partial charge in [0.05, 0.1) is 27.8 Å². The molecule has 6 heteroatoms. The Kier molecular flexibility index (Phi) is 5.37. The van der Waals surface area contributed by atoms with Crippen LogP contribution in [0.1, 0.15) is 24.8 Å². The van der Waals surface area contributed by atoms with Gasteiger partial charge in [-0.25, -0.2) is 0 Å². The number of hydrogen-bond acceptors (Lipinski definition) is 5. The molecular formula is C19H28N2O4. The van der Waals surface area contributed by atoms with Crippen LogP contribution < -0.4 is 19.5 Å². The van der Waals surface area contributed by atoms with Crippen molar-refractivity contribution < 1.29 is 19.0 Å². The fourth-order valence-corrected chi connectivity index (χ4v) is 4.05. The molecule has 1 amide bonds. The number of carbonyl (C=O) groups excluding carboxylic acids is 1. The van der Waals surface area contributed by atoms with Gasteiger partial charge in [0, 0.05) is 25.0 Å². The van der Waals surface area contributed by atoms with Crippen LogP contribution in [0.4, 0.5) is 0 Å². The minimum absolute atomic E-state index is 0.164. The fourth-order valence-electron chi connectivity index (χ4n) is 4.05. The zero-order valence-corrected chi connectivity index (χ0v) is 15.4. The summed E-state index contributed by atoms with van der Waals surface area (Å²) in [5, 5.41) is 3.48. The van der Waals surface area contributed by atoms with E-state index in [4.69, 9.17) is 14.2 Å². The molecule has 1 spiro atoms. The maximum Gasteiger partial charge on any atom is 0.227 e. The Morgan fingerprint density at radius 3 is 2.44 bits per heavy atom. The highest BCUT2D eigenvalue weighted by atomic mass is 16.5. The number of nitrogens with zero attached hydrogens (tertiary/aromatic N) is 1. The van der Waals surface area contributed by atoms with Crippen LogP contribution in [0.2, 0.25) is 0 Å². The molecule has 6 nitrogen and oxygen atoms in total. The van der Waals surface area contributed by atoms with Crippen LogP contribution in [0.25, 0.3) is 0 Å². The number of benzene rings is 1. The summed E-state index contributed by atoms with van der Waals surface area (Å²) >= 11 is 0. The highest BCUT2D eigenvalue weighted by molar-refractivity contribution is 5.79. The van der Waals surface area contributed by atoms with Crippen LogP contribution in [0.3, 0.4) is 0 Å². The number of hydrogen-bond donors (Lipinski definition) is 1. The molecule has 138 valence electrons. The zero-order valence-electron chi connectivity index (χ0n) is 15.4. The van der Waals surface area contributed by atoms with Crippen LogP contribution >= 0.6 is 0 Å². The van der Waals surface area contributed by atoms with Crippen LogP contribution in [-0.2, 0) is 11.2 Å². The Morgan fingerprint density at radius 1 is 1.16 bits per heavy atom. The summed E-state index contributed by atoms with van der Waals surface area (Å²) in [4.78, 5) is 14.8. The minimum atomic E-state index is 0.164. The summed E-state index contributed by atoms with van der Waals surface area (Å²) in [7, 11) is 4.75. The van der Waals surface area contributed by atoms with E-state index in [1.54, 1.807) is 21.3 Å². The summed E-state index contributed by atoms with van der Waals surface area (Å²) < 4.78 is 16.1. The van der Waals surface area contributed by atoms with E-state index >= 15 is 0 Å². The Labute approximate surface area is 149 Å². The number of carbonyl (C=O) groups is 1. The molecule has 2 aliphatic rings. The number of ether oxygens (including phenoxy) is 3. The molecule has 25 heavy (non-hydrogen) atoms. The van der Waals surface area contributed by atoms with Crippen LogP contribution in [0.5, 0.6) is 17.2 Å². The molecule has 1 aromatic rings. The van der Waals surface area contributed by atoms with Gasteiger partial charge in [0.2, 0.25) is 11.7 Å². The predicted molar refractivity (Wildman–Crippen MR) is 95.5 cm³/mol. The number of rotatable bonds is 5. The van der Waals surface area contributed by atoms with Gasteiger partial charge in [0.15, 0.2) is 11.5 Å². The Hall–Kier alpha value is -1.95. The fraction of sp³-hybridized carbons (Fsp3) is 0.632. The molecule has 0 radical (unpaired) electrons. The second-order valence-corrected chi connectivity index (χ2v) is 7.06. The number of likely N-dealkylation sites (tertiary alicyclic amines) is 1. The summed E-state index contributed by atoms with van der Waals surface area (Å²) in [6, 6.07) is 3.71. The molecule has 0 saturated carbocycles. The molecule has 2 aliphatic heterocycles. The van der Waals surface area contributed by atoms with Crippen LogP contribution in [0, 0.1) is 5.41 Å². The molecule has 2 fully saturated rings. The second kappa shape index (κ2) is 7.52. The first-order valence-electron chi connectivity index (χ1n) is 8.88. The highest BCUT2D eigenvalue weighted by Crippen LogP contribution is 2.39. The SMILES string of the molecule is COc1cc(CC(=O)N2CCC3(CCCNC3)C2)cc(OC)c1OC. The van der Waals surface area contributed by atoms with Gasteiger partial charge in [-0.2, -0.15) is 0 Å². The van der Waals surface area contributed by atoms with Crippen molar-refractivity contribution in [3.8, 4) is 17.2 Å². The van der Waals surface area contributed by atoms with Crippen molar-refractivity contribution in [2.24, 2.45) is 5.41 Å². The van der Waals surface area contributed by atoms with Crippen molar-refractivity contribution in [1.29, 1.82) is 0 Å². The van der Waals surface area contributed by atoms with Gasteiger partial charge >= 0.3 is 0 Å². The lowest BCUT2D eigenvalue weighted by atomic mass is 9.80. The lowest BCUT2D eigenvalue weighted by Gasteiger charge is -2.33. The molecule has 1 N–H and O–H groups in total. The Bertz CT molecular complexity index is 601. The van der Waals surface area contributed by atoms with Crippen molar-refractivity contribution in [2.45, 2.75) is 25.7 Å². The van der Waals surface area contributed by atoms with Crippen molar-refractivity contribution in [3.63, 3.8) is 0 Å². The number of amides is 1. The molecule has 2 heterocycles. The first kappa shape index (κ1) is 17.9. The van der Waals surface area contributed by atoms with E-state index in [9.17, 15) is 4.79 Å². The van der Waals surface area contributed by atoms with E-state index in [1.165, 1.54) is 12.8 Å². The molecule has 1 unspecified atom stereocenters.